The van der Waals surface area contributed by atoms with Crippen LogP contribution < -0.4 is 0 Å². The molecule has 0 amide bonds. The summed E-state index contributed by atoms with van der Waals surface area (Å²) in [7, 11) is 0. The summed E-state index contributed by atoms with van der Waals surface area (Å²) >= 11 is 0. The summed E-state index contributed by atoms with van der Waals surface area (Å²) < 4.78 is 4.76. The Bertz CT molecular complexity index is 220. The first-order valence-corrected chi connectivity index (χ1v) is 3.48. The Kier molecular flexibility index (Phi) is 2.36. The first-order valence-electron chi connectivity index (χ1n) is 3.48. The van der Waals surface area contributed by atoms with Crippen LogP contribution in [0.5, 0.6) is 0 Å². The number of rotatable bonds is 2. The van der Waals surface area contributed by atoms with E-state index in [2.05, 4.69) is 9.98 Å². The van der Waals surface area contributed by atoms with Crippen LogP contribution in [0, 0.1) is 0 Å². The minimum atomic E-state index is -0.491. The second-order valence-electron chi connectivity index (χ2n) is 2.19. The van der Waals surface area contributed by atoms with Crippen molar-refractivity contribution in [1.29, 1.82) is 0 Å². The maximum absolute atomic E-state index is 11.0. The highest BCUT2D eigenvalue weighted by Gasteiger charge is 2.23. The molecule has 0 aromatic rings. The van der Waals surface area contributed by atoms with E-state index in [1.165, 1.54) is 6.34 Å². The summed E-state index contributed by atoms with van der Waals surface area (Å²) in [4.78, 5) is 18.7. The average Bonchev–Trinajstić information content (AvgIpc) is 2.36. The summed E-state index contributed by atoms with van der Waals surface area (Å²) in [6, 6.07) is -0.491. The van der Waals surface area contributed by atoms with Crippen molar-refractivity contribution >= 4 is 18.0 Å². The lowest BCUT2D eigenvalue weighted by molar-refractivity contribution is -0.142. The standard InChI is InChI=1S/C7H10N2O2/c1-3-11-7(10)6-5(2)8-4-9-6/h4,6H,3H2,1-2H3/t6-/m0/s1. The SMILES string of the molecule is CCOC(=O)[C@H]1N=CN=C1C. The normalized spacial score (nSPS) is 21.6. The highest BCUT2D eigenvalue weighted by atomic mass is 16.5. The molecule has 11 heavy (non-hydrogen) atoms. The maximum atomic E-state index is 11.0. The van der Waals surface area contributed by atoms with Crippen LogP contribution in [0.3, 0.4) is 0 Å². The van der Waals surface area contributed by atoms with Crippen LogP contribution >= 0.6 is 0 Å². The predicted molar refractivity (Wildman–Crippen MR) is 42.0 cm³/mol. The number of aliphatic imine (C=N–C) groups is 2. The molecule has 0 radical (unpaired) electrons. The molecule has 1 rings (SSSR count). The van der Waals surface area contributed by atoms with Crippen molar-refractivity contribution in [3.63, 3.8) is 0 Å². The number of carbonyl (C=O) groups excluding carboxylic acids is 1. The number of ether oxygens (including phenoxy) is 1. The van der Waals surface area contributed by atoms with Gasteiger partial charge in [-0.3, -0.25) is 4.99 Å². The Labute approximate surface area is 65.0 Å². The van der Waals surface area contributed by atoms with Gasteiger partial charge in [0, 0.05) is 0 Å². The molecule has 1 aliphatic rings. The summed E-state index contributed by atoms with van der Waals surface area (Å²) in [5, 5.41) is 0. The topological polar surface area (TPSA) is 51.0 Å². The van der Waals surface area contributed by atoms with E-state index in [4.69, 9.17) is 4.74 Å². The first-order chi connectivity index (χ1) is 5.25. The zero-order chi connectivity index (χ0) is 8.27. The molecule has 0 saturated heterocycles. The van der Waals surface area contributed by atoms with Gasteiger partial charge >= 0.3 is 5.97 Å². The Morgan fingerprint density at radius 3 is 3.00 bits per heavy atom. The molecule has 0 unspecified atom stereocenters. The number of esters is 1. The van der Waals surface area contributed by atoms with Gasteiger partial charge in [0.05, 0.1) is 12.3 Å². The molecule has 0 aromatic carbocycles. The largest absolute Gasteiger partial charge is 0.464 e. The van der Waals surface area contributed by atoms with Crippen molar-refractivity contribution in [2.24, 2.45) is 9.98 Å². The van der Waals surface area contributed by atoms with E-state index in [9.17, 15) is 4.79 Å². The van der Waals surface area contributed by atoms with Crippen molar-refractivity contribution in [2.45, 2.75) is 19.9 Å². The van der Waals surface area contributed by atoms with Crippen molar-refractivity contribution in [2.75, 3.05) is 6.61 Å². The van der Waals surface area contributed by atoms with Crippen molar-refractivity contribution < 1.29 is 9.53 Å². The van der Waals surface area contributed by atoms with Crippen molar-refractivity contribution in [3.05, 3.63) is 0 Å². The molecule has 0 aromatic heterocycles. The van der Waals surface area contributed by atoms with Crippen LogP contribution in [0.4, 0.5) is 0 Å². The fourth-order valence-corrected chi connectivity index (χ4v) is 0.822. The number of hydrogen-bond donors (Lipinski definition) is 0. The molecule has 0 fully saturated rings. The van der Waals surface area contributed by atoms with Gasteiger partial charge < -0.3 is 4.74 Å². The van der Waals surface area contributed by atoms with Gasteiger partial charge in [0.25, 0.3) is 0 Å². The van der Waals surface area contributed by atoms with E-state index in [0.29, 0.717) is 12.3 Å². The third-order valence-corrected chi connectivity index (χ3v) is 1.38. The number of nitrogens with zero attached hydrogens (tertiary/aromatic N) is 2. The van der Waals surface area contributed by atoms with E-state index in [1.807, 2.05) is 0 Å². The lowest BCUT2D eigenvalue weighted by Crippen LogP contribution is -2.26. The Morgan fingerprint density at radius 1 is 1.82 bits per heavy atom. The van der Waals surface area contributed by atoms with Crippen LogP contribution in [-0.4, -0.2) is 30.7 Å². The van der Waals surface area contributed by atoms with Crippen LogP contribution in [0.2, 0.25) is 0 Å². The van der Waals surface area contributed by atoms with E-state index < -0.39 is 6.04 Å². The van der Waals surface area contributed by atoms with E-state index in [1.54, 1.807) is 13.8 Å². The molecule has 0 saturated carbocycles. The summed E-state index contributed by atoms with van der Waals surface area (Å²) in [6.07, 6.45) is 1.39. The fraction of sp³-hybridized carbons (Fsp3) is 0.571. The van der Waals surface area contributed by atoms with E-state index >= 15 is 0 Å². The zero-order valence-corrected chi connectivity index (χ0v) is 6.57. The van der Waals surface area contributed by atoms with Gasteiger partial charge in [0.1, 0.15) is 6.34 Å². The maximum Gasteiger partial charge on any atom is 0.336 e. The highest BCUT2D eigenvalue weighted by Crippen LogP contribution is 2.03. The molecule has 0 aliphatic carbocycles. The smallest absolute Gasteiger partial charge is 0.336 e. The Hall–Kier alpha value is -1.19. The van der Waals surface area contributed by atoms with Gasteiger partial charge in [-0.25, -0.2) is 9.79 Å². The van der Waals surface area contributed by atoms with Gasteiger partial charge in [-0.15, -0.1) is 0 Å². The second-order valence-corrected chi connectivity index (χ2v) is 2.19. The van der Waals surface area contributed by atoms with Gasteiger partial charge in [-0.1, -0.05) is 0 Å². The number of carbonyl (C=O) groups is 1. The molecular formula is C7H10N2O2. The van der Waals surface area contributed by atoms with Crippen molar-refractivity contribution in [1.82, 2.24) is 0 Å². The van der Waals surface area contributed by atoms with Crippen LogP contribution in [-0.2, 0) is 9.53 Å². The minimum Gasteiger partial charge on any atom is -0.464 e. The molecule has 0 N–H and O–H groups in total. The van der Waals surface area contributed by atoms with Gasteiger partial charge in [0.15, 0.2) is 6.04 Å². The summed E-state index contributed by atoms with van der Waals surface area (Å²) in [5.41, 5.74) is 0.698. The van der Waals surface area contributed by atoms with E-state index in [-0.39, 0.29) is 5.97 Å². The third kappa shape index (κ3) is 1.63. The third-order valence-electron chi connectivity index (χ3n) is 1.38. The van der Waals surface area contributed by atoms with Gasteiger partial charge in [0.2, 0.25) is 0 Å². The van der Waals surface area contributed by atoms with Crippen LogP contribution in [0.1, 0.15) is 13.8 Å². The predicted octanol–water partition coefficient (Wildman–Crippen LogP) is 0.421. The monoisotopic (exact) mass is 154 g/mol. The Balaban J connectivity index is 2.55. The number of hydrogen-bond acceptors (Lipinski definition) is 4. The van der Waals surface area contributed by atoms with Crippen LogP contribution in [0.15, 0.2) is 9.98 Å². The lowest BCUT2D eigenvalue weighted by Gasteiger charge is -2.05. The molecule has 0 spiro atoms. The molecule has 4 heteroatoms. The first kappa shape index (κ1) is 7.91. The molecule has 1 atom stereocenters. The summed E-state index contributed by atoms with van der Waals surface area (Å²) in [6.45, 7) is 3.91. The second kappa shape index (κ2) is 3.27. The van der Waals surface area contributed by atoms with Crippen molar-refractivity contribution in [3.8, 4) is 0 Å². The lowest BCUT2D eigenvalue weighted by atomic mass is 10.2. The molecule has 0 bridgehead atoms. The molecule has 1 heterocycles. The van der Waals surface area contributed by atoms with E-state index in [0.717, 1.165) is 0 Å². The molecular weight excluding hydrogens is 144 g/mol. The fourth-order valence-electron chi connectivity index (χ4n) is 0.822. The van der Waals surface area contributed by atoms with Gasteiger partial charge in [-0.05, 0) is 13.8 Å². The molecule has 60 valence electrons. The zero-order valence-electron chi connectivity index (χ0n) is 6.57. The summed E-state index contributed by atoms with van der Waals surface area (Å²) in [5.74, 6) is -0.317. The molecule has 4 nitrogen and oxygen atoms in total. The van der Waals surface area contributed by atoms with Crippen LogP contribution in [0.25, 0.3) is 0 Å². The average molecular weight is 154 g/mol. The minimum absolute atomic E-state index is 0.317. The quantitative estimate of drug-likeness (QED) is 0.541. The highest BCUT2D eigenvalue weighted by molar-refractivity contribution is 6.10. The molecule has 1 aliphatic heterocycles. The van der Waals surface area contributed by atoms with Gasteiger partial charge in [-0.2, -0.15) is 0 Å². The Morgan fingerprint density at radius 2 is 2.55 bits per heavy atom.